The molecule has 1 fully saturated rings. The molecule has 4 nitrogen and oxygen atoms in total. The van der Waals surface area contributed by atoms with Crippen LogP contribution in [-0.4, -0.2) is 27.7 Å². The summed E-state index contributed by atoms with van der Waals surface area (Å²) >= 11 is 0. The molecule has 0 amide bonds. The van der Waals surface area contributed by atoms with Crippen LogP contribution < -0.4 is 5.43 Å². The van der Waals surface area contributed by atoms with Crippen LogP contribution in [0.1, 0.15) is 50.9 Å². The number of pyridine rings is 1. The molecule has 0 radical (unpaired) electrons. The molecule has 1 aromatic rings. The van der Waals surface area contributed by atoms with Crippen LogP contribution in [0.2, 0.25) is 0 Å². The number of aryl methyl sites for hydroxylation is 1. The van der Waals surface area contributed by atoms with E-state index >= 15 is 0 Å². The number of likely N-dealkylation sites (tertiary alicyclic amines) is 1. The monoisotopic (exact) mass is 292 g/mol. The van der Waals surface area contributed by atoms with Gasteiger partial charge >= 0.3 is 0 Å². The van der Waals surface area contributed by atoms with Crippen molar-refractivity contribution in [1.29, 1.82) is 0 Å². The van der Waals surface area contributed by atoms with Crippen molar-refractivity contribution in [2.45, 2.75) is 59.5 Å². The predicted molar refractivity (Wildman–Crippen MR) is 85.7 cm³/mol. The lowest BCUT2D eigenvalue weighted by Gasteiger charge is -2.31. The fraction of sp³-hybridized carbons (Fsp3) is 0.706. The van der Waals surface area contributed by atoms with Gasteiger partial charge in [-0.05, 0) is 45.2 Å². The van der Waals surface area contributed by atoms with Crippen LogP contribution in [0.25, 0.3) is 0 Å². The molecule has 0 spiro atoms. The Morgan fingerprint density at radius 3 is 2.62 bits per heavy atom. The summed E-state index contributed by atoms with van der Waals surface area (Å²) < 4.78 is 2.12. The molecule has 0 atom stereocenters. The Morgan fingerprint density at radius 1 is 1.33 bits per heavy atom. The highest BCUT2D eigenvalue weighted by Crippen LogP contribution is 2.22. The maximum Gasteiger partial charge on any atom is 0.223 e. The highest BCUT2D eigenvalue weighted by molar-refractivity contribution is 5.29. The van der Waals surface area contributed by atoms with E-state index in [1.54, 1.807) is 6.07 Å². The molecule has 2 rings (SSSR count). The first-order valence-corrected chi connectivity index (χ1v) is 8.17. The van der Waals surface area contributed by atoms with Crippen LogP contribution in [0.4, 0.5) is 0 Å². The lowest BCUT2D eigenvalue weighted by Crippen LogP contribution is -2.34. The Bertz CT molecular complexity index is 528. The van der Waals surface area contributed by atoms with Crippen molar-refractivity contribution in [3.05, 3.63) is 27.7 Å². The van der Waals surface area contributed by atoms with Gasteiger partial charge in [0, 0.05) is 24.8 Å². The summed E-state index contributed by atoms with van der Waals surface area (Å²) in [5.74, 6) is 0.727. The predicted octanol–water partition coefficient (Wildman–Crippen LogP) is 2.89. The van der Waals surface area contributed by atoms with Crippen molar-refractivity contribution >= 4 is 0 Å². The van der Waals surface area contributed by atoms with E-state index < -0.39 is 0 Å². The van der Waals surface area contributed by atoms with Crippen LogP contribution in [0.15, 0.2) is 10.9 Å². The van der Waals surface area contributed by atoms with Gasteiger partial charge in [0.1, 0.15) is 0 Å². The summed E-state index contributed by atoms with van der Waals surface area (Å²) in [7, 11) is 0. The Kier molecular flexibility index (Phi) is 5.45. The number of rotatable bonds is 5. The van der Waals surface area contributed by atoms with Gasteiger partial charge in [0.05, 0.1) is 5.69 Å². The summed E-state index contributed by atoms with van der Waals surface area (Å²) in [6.45, 7) is 10.1. The van der Waals surface area contributed by atoms with E-state index in [0.29, 0.717) is 6.54 Å². The van der Waals surface area contributed by atoms with Gasteiger partial charge in [-0.15, -0.1) is 0 Å². The van der Waals surface area contributed by atoms with Crippen molar-refractivity contribution in [2.75, 3.05) is 13.1 Å². The lowest BCUT2D eigenvalue weighted by molar-refractivity contribution is 0.178. The zero-order valence-electron chi connectivity index (χ0n) is 13.6. The summed E-state index contributed by atoms with van der Waals surface area (Å²) in [5.41, 5.74) is 1.50. The molecule has 0 unspecified atom stereocenters. The number of aromatic nitrogens is 1. The number of nitrogens with zero attached hydrogens (tertiary/aromatic N) is 2. The van der Waals surface area contributed by atoms with Crippen LogP contribution in [0.5, 0.6) is 5.75 Å². The van der Waals surface area contributed by atoms with Crippen molar-refractivity contribution in [3.8, 4) is 5.75 Å². The van der Waals surface area contributed by atoms with Gasteiger partial charge in [-0.2, -0.15) is 0 Å². The molecule has 0 saturated carbocycles. The summed E-state index contributed by atoms with van der Waals surface area (Å²) in [5, 5.41) is 10.2. The first-order chi connectivity index (χ1) is 10.0. The fourth-order valence-electron chi connectivity index (χ4n) is 3.04. The third kappa shape index (κ3) is 3.88. The Balaban J connectivity index is 2.25. The van der Waals surface area contributed by atoms with E-state index in [9.17, 15) is 9.90 Å². The standard InChI is InChI=1S/C17H28N2O2/c1-4-5-8-19-14(3)11-16(20)17(21)15(19)12-18-9-6-13(2)7-10-18/h11,13,21H,4-10,12H2,1-3H3. The Morgan fingerprint density at radius 2 is 2.00 bits per heavy atom. The normalized spacial score (nSPS) is 17.3. The molecule has 0 aromatic carbocycles. The second-order valence-corrected chi connectivity index (χ2v) is 6.41. The molecule has 2 heterocycles. The number of aromatic hydroxyl groups is 1. The first kappa shape index (κ1) is 16.1. The SMILES string of the molecule is CCCCn1c(C)cc(=O)c(O)c1CN1CCC(C)CC1. The van der Waals surface area contributed by atoms with Crippen molar-refractivity contribution < 1.29 is 5.11 Å². The van der Waals surface area contributed by atoms with E-state index in [0.717, 1.165) is 49.8 Å². The van der Waals surface area contributed by atoms with Gasteiger partial charge in [-0.3, -0.25) is 9.69 Å². The molecule has 1 saturated heterocycles. The van der Waals surface area contributed by atoms with Crippen molar-refractivity contribution in [1.82, 2.24) is 9.47 Å². The highest BCUT2D eigenvalue weighted by Gasteiger charge is 2.20. The largest absolute Gasteiger partial charge is 0.503 e. The molecule has 1 aliphatic heterocycles. The molecule has 0 aliphatic carbocycles. The molecule has 1 aromatic heterocycles. The molecule has 1 aliphatic rings. The van der Waals surface area contributed by atoms with E-state index in [-0.39, 0.29) is 11.2 Å². The second kappa shape index (κ2) is 7.12. The number of hydrogen-bond acceptors (Lipinski definition) is 3. The number of hydrogen-bond donors (Lipinski definition) is 1. The average molecular weight is 292 g/mol. The molecular weight excluding hydrogens is 264 g/mol. The third-order valence-corrected chi connectivity index (χ3v) is 4.58. The highest BCUT2D eigenvalue weighted by atomic mass is 16.3. The Hall–Kier alpha value is -1.29. The van der Waals surface area contributed by atoms with Gasteiger partial charge in [-0.25, -0.2) is 0 Å². The zero-order chi connectivity index (χ0) is 15.4. The molecule has 4 heteroatoms. The smallest absolute Gasteiger partial charge is 0.223 e. The molecule has 118 valence electrons. The van der Waals surface area contributed by atoms with Crippen LogP contribution in [0.3, 0.4) is 0 Å². The number of unbranched alkanes of at least 4 members (excludes halogenated alkanes) is 1. The summed E-state index contributed by atoms with van der Waals surface area (Å²) in [6.07, 6.45) is 4.57. The van der Waals surface area contributed by atoms with Crippen LogP contribution in [-0.2, 0) is 13.1 Å². The topological polar surface area (TPSA) is 45.5 Å². The van der Waals surface area contributed by atoms with E-state index in [4.69, 9.17) is 0 Å². The first-order valence-electron chi connectivity index (χ1n) is 8.17. The maximum absolute atomic E-state index is 11.9. The summed E-state index contributed by atoms with van der Waals surface area (Å²) in [4.78, 5) is 14.3. The molecule has 21 heavy (non-hydrogen) atoms. The Labute approximate surface area is 127 Å². The van der Waals surface area contributed by atoms with Crippen molar-refractivity contribution in [3.63, 3.8) is 0 Å². The van der Waals surface area contributed by atoms with E-state index in [1.165, 1.54) is 12.8 Å². The third-order valence-electron chi connectivity index (χ3n) is 4.58. The van der Waals surface area contributed by atoms with Gasteiger partial charge in [0.15, 0.2) is 5.75 Å². The van der Waals surface area contributed by atoms with Gasteiger partial charge in [0.2, 0.25) is 5.43 Å². The van der Waals surface area contributed by atoms with Crippen LogP contribution >= 0.6 is 0 Å². The molecular formula is C17H28N2O2. The fourth-order valence-corrected chi connectivity index (χ4v) is 3.04. The van der Waals surface area contributed by atoms with E-state index in [1.807, 2.05) is 6.92 Å². The minimum absolute atomic E-state index is 0.0599. The molecule has 0 bridgehead atoms. The minimum atomic E-state index is -0.249. The van der Waals surface area contributed by atoms with Gasteiger partial charge in [-0.1, -0.05) is 20.3 Å². The lowest BCUT2D eigenvalue weighted by atomic mass is 9.99. The van der Waals surface area contributed by atoms with E-state index in [2.05, 4.69) is 23.3 Å². The van der Waals surface area contributed by atoms with Crippen molar-refractivity contribution in [2.24, 2.45) is 5.92 Å². The van der Waals surface area contributed by atoms with Gasteiger partial charge in [0.25, 0.3) is 0 Å². The van der Waals surface area contributed by atoms with Crippen LogP contribution in [0, 0.1) is 12.8 Å². The zero-order valence-corrected chi connectivity index (χ0v) is 13.6. The average Bonchev–Trinajstić information content (AvgIpc) is 2.46. The maximum atomic E-state index is 11.9. The quantitative estimate of drug-likeness (QED) is 0.907. The molecule has 1 N–H and O–H groups in total. The second-order valence-electron chi connectivity index (χ2n) is 6.41. The van der Waals surface area contributed by atoms with Gasteiger partial charge < -0.3 is 9.67 Å². The minimum Gasteiger partial charge on any atom is -0.503 e. The summed E-state index contributed by atoms with van der Waals surface area (Å²) in [6, 6.07) is 1.55. The number of piperidine rings is 1.